The molecule has 2 aliphatic heterocycles. The molecule has 1 aromatic rings. The average Bonchev–Trinajstić information content (AvgIpc) is 2.96. The molecule has 0 aromatic heterocycles. The molecule has 6 nitrogen and oxygen atoms in total. The van der Waals surface area contributed by atoms with Gasteiger partial charge >= 0.3 is 0 Å². The third-order valence-corrected chi connectivity index (χ3v) is 4.64. The molecule has 0 spiro atoms. The second-order valence-corrected chi connectivity index (χ2v) is 6.20. The first-order valence-corrected chi connectivity index (χ1v) is 7.94. The van der Waals surface area contributed by atoms with Crippen LogP contribution in [0.15, 0.2) is 24.3 Å². The van der Waals surface area contributed by atoms with Crippen LogP contribution in [0.25, 0.3) is 0 Å². The van der Waals surface area contributed by atoms with Crippen LogP contribution in [0.1, 0.15) is 24.8 Å². The third-order valence-electron chi connectivity index (χ3n) is 4.64. The van der Waals surface area contributed by atoms with Gasteiger partial charge in [-0.2, -0.15) is 5.26 Å². The lowest BCUT2D eigenvalue weighted by atomic mass is 10.0. The quantitative estimate of drug-likeness (QED) is 0.877. The largest absolute Gasteiger partial charge is 0.342 e. The number of amides is 2. The lowest BCUT2D eigenvalue weighted by Gasteiger charge is -2.31. The minimum Gasteiger partial charge on any atom is -0.342 e. The van der Waals surface area contributed by atoms with Crippen molar-refractivity contribution in [2.45, 2.75) is 25.3 Å². The number of piperidine rings is 1. The van der Waals surface area contributed by atoms with Crippen LogP contribution >= 0.6 is 0 Å². The van der Waals surface area contributed by atoms with Gasteiger partial charge < -0.3 is 15.5 Å². The van der Waals surface area contributed by atoms with Crippen LogP contribution < -0.4 is 10.6 Å². The SMILES string of the molecule is N#Cc1ccccc1N1CC(C(=O)N2CCC(N)CC2)CC1=O. The van der Waals surface area contributed by atoms with Crippen LogP contribution in [0.5, 0.6) is 0 Å². The van der Waals surface area contributed by atoms with Crippen molar-refractivity contribution < 1.29 is 9.59 Å². The molecule has 0 saturated carbocycles. The first kappa shape index (κ1) is 15.5. The minimum absolute atomic E-state index is 0.0298. The molecule has 1 atom stereocenters. The van der Waals surface area contributed by atoms with Crippen LogP contribution in [0.2, 0.25) is 0 Å². The number of carbonyl (C=O) groups excluding carboxylic acids is 2. The predicted molar refractivity (Wildman–Crippen MR) is 85.4 cm³/mol. The van der Waals surface area contributed by atoms with E-state index in [0.29, 0.717) is 30.9 Å². The fourth-order valence-electron chi connectivity index (χ4n) is 3.29. The van der Waals surface area contributed by atoms with E-state index < -0.39 is 0 Å². The highest BCUT2D eigenvalue weighted by Gasteiger charge is 2.38. The van der Waals surface area contributed by atoms with E-state index in [2.05, 4.69) is 6.07 Å². The molecule has 2 N–H and O–H groups in total. The maximum Gasteiger partial charge on any atom is 0.228 e. The number of para-hydroxylation sites is 1. The Kier molecular flexibility index (Phi) is 4.30. The van der Waals surface area contributed by atoms with Gasteiger partial charge in [-0.3, -0.25) is 9.59 Å². The Morgan fingerprint density at radius 3 is 2.65 bits per heavy atom. The van der Waals surface area contributed by atoms with Gasteiger partial charge in [-0.25, -0.2) is 0 Å². The standard InChI is InChI=1S/C17H20N4O2/c18-10-12-3-1-2-4-15(12)21-11-13(9-16(21)22)17(23)20-7-5-14(19)6-8-20/h1-4,13-14H,5-9,11,19H2. The summed E-state index contributed by atoms with van der Waals surface area (Å²) in [4.78, 5) is 28.3. The number of hydrogen-bond acceptors (Lipinski definition) is 4. The molecule has 0 aliphatic carbocycles. The molecule has 2 amide bonds. The monoisotopic (exact) mass is 312 g/mol. The second kappa shape index (κ2) is 6.39. The molecular weight excluding hydrogens is 292 g/mol. The van der Waals surface area contributed by atoms with E-state index in [1.54, 1.807) is 29.2 Å². The normalized spacial score (nSPS) is 22.3. The smallest absolute Gasteiger partial charge is 0.228 e. The Labute approximate surface area is 135 Å². The summed E-state index contributed by atoms with van der Waals surface area (Å²) in [5.41, 5.74) is 6.92. The zero-order valence-electron chi connectivity index (χ0n) is 12.9. The Morgan fingerprint density at radius 2 is 1.96 bits per heavy atom. The molecule has 23 heavy (non-hydrogen) atoms. The number of benzene rings is 1. The number of likely N-dealkylation sites (tertiary alicyclic amines) is 1. The van der Waals surface area contributed by atoms with Crippen molar-refractivity contribution in [3.05, 3.63) is 29.8 Å². The summed E-state index contributed by atoms with van der Waals surface area (Å²) in [7, 11) is 0. The van der Waals surface area contributed by atoms with Crippen molar-refractivity contribution in [1.82, 2.24) is 4.90 Å². The number of nitrogens with two attached hydrogens (primary N) is 1. The van der Waals surface area contributed by atoms with E-state index >= 15 is 0 Å². The fourth-order valence-corrected chi connectivity index (χ4v) is 3.29. The third kappa shape index (κ3) is 3.06. The Bertz CT molecular complexity index is 659. The number of rotatable bonds is 2. The number of nitrogens with zero attached hydrogens (tertiary/aromatic N) is 3. The molecule has 2 saturated heterocycles. The Morgan fingerprint density at radius 1 is 1.26 bits per heavy atom. The minimum atomic E-state index is -0.330. The summed E-state index contributed by atoms with van der Waals surface area (Å²) in [6.45, 7) is 1.68. The van der Waals surface area contributed by atoms with Gasteiger partial charge in [0.15, 0.2) is 0 Å². The van der Waals surface area contributed by atoms with E-state index in [-0.39, 0.29) is 30.2 Å². The number of hydrogen-bond donors (Lipinski definition) is 1. The molecular formula is C17H20N4O2. The van der Waals surface area contributed by atoms with Gasteiger partial charge in [-0.05, 0) is 25.0 Å². The Balaban J connectivity index is 1.72. The van der Waals surface area contributed by atoms with Gasteiger partial charge in [-0.15, -0.1) is 0 Å². The van der Waals surface area contributed by atoms with Crippen LogP contribution in [0.4, 0.5) is 5.69 Å². The van der Waals surface area contributed by atoms with Crippen LogP contribution in [-0.4, -0.2) is 42.4 Å². The molecule has 2 fully saturated rings. The summed E-state index contributed by atoms with van der Waals surface area (Å²) in [5, 5.41) is 9.19. The summed E-state index contributed by atoms with van der Waals surface area (Å²) < 4.78 is 0. The van der Waals surface area contributed by atoms with Crippen molar-refractivity contribution >= 4 is 17.5 Å². The van der Waals surface area contributed by atoms with Gasteiger partial charge in [0.1, 0.15) is 6.07 Å². The maximum atomic E-state index is 12.6. The van der Waals surface area contributed by atoms with Crippen molar-refractivity contribution in [3.63, 3.8) is 0 Å². The number of anilines is 1. The van der Waals surface area contributed by atoms with Crippen LogP contribution in [0, 0.1) is 17.2 Å². The lowest BCUT2D eigenvalue weighted by Crippen LogP contribution is -2.45. The number of nitriles is 1. The summed E-state index contributed by atoms with van der Waals surface area (Å²) in [6, 6.07) is 9.27. The highest BCUT2D eigenvalue weighted by atomic mass is 16.2. The Hall–Kier alpha value is -2.39. The fraction of sp³-hybridized carbons (Fsp3) is 0.471. The van der Waals surface area contributed by atoms with Crippen LogP contribution in [-0.2, 0) is 9.59 Å². The zero-order valence-corrected chi connectivity index (χ0v) is 12.9. The summed E-state index contributed by atoms with van der Waals surface area (Å²) in [6.07, 6.45) is 1.84. The second-order valence-electron chi connectivity index (χ2n) is 6.20. The molecule has 1 unspecified atom stereocenters. The molecule has 120 valence electrons. The lowest BCUT2D eigenvalue weighted by molar-refractivity contribution is -0.136. The molecule has 3 rings (SSSR count). The molecule has 2 heterocycles. The highest BCUT2D eigenvalue weighted by molar-refractivity contribution is 6.01. The van der Waals surface area contributed by atoms with Gasteiger partial charge in [0, 0.05) is 32.1 Å². The maximum absolute atomic E-state index is 12.6. The number of carbonyl (C=O) groups is 2. The summed E-state index contributed by atoms with van der Waals surface area (Å²) >= 11 is 0. The van der Waals surface area contributed by atoms with Gasteiger partial charge in [0.25, 0.3) is 0 Å². The molecule has 1 aromatic carbocycles. The average molecular weight is 312 g/mol. The summed E-state index contributed by atoms with van der Waals surface area (Å²) in [5.74, 6) is -0.398. The molecule has 0 radical (unpaired) electrons. The van der Waals surface area contributed by atoms with Crippen molar-refractivity contribution in [2.75, 3.05) is 24.5 Å². The van der Waals surface area contributed by atoms with Gasteiger partial charge in [0.2, 0.25) is 11.8 Å². The first-order chi connectivity index (χ1) is 11.1. The predicted octanol–water partition coefficient (Wildman–Crippen LogP) is 0.861. The van der Waals surface area contributed by atoms with E-state index in [9.17, 15) is 14.9 Å². The van der Waals surface area contributed by atoms with E-state index in [4.69, 9.17) is 5.73 Å². The molecule has 0 bridgehead atoms. The van der Waals surface area contributed by atoms with Crippen molar-refractivity contribution in [2.24, 2.45) is 11.7 Å². The van der Waals surface area contributed by atoms with E-state index in [1.165, 1.54) is 0 Å². The van der Waals surface area contributed by atoms with Crippen LogP contribution in [0.3, 0.4) is 0 Å². The van der Waals surface area contributed by atoms with E-state index in [1.807, 2.05) is 4.90 Å². The van der Waals surface area contributed by atoms with Gasteiger partial charge in [0.05, 0.1) is 17.2 Å². The topological polar surface area (TPSA) is 90.4 Å². The van der Waals surface area contributed by atoms with Crippen molar-refractivity contribution in [3.8, 4) is 6.07 Å². The van der Waals surface area contributed by atoms with E-state index in [0.717, 1.165) is 12.8 Å². The molecule has 6 heteroatoms. The van der Waals surface area contributed by atoms with Crippen molar-refractivity contribution in [1.29, 1.82) is 5.26 Å². The molecule has 2 aliphatic rings. The first-order valence-electron chi connectivity index (χ1n) is 7.94. The zero-order chi connectivity index (χ0) is 16.4. The highest BCUT2D eigenvalue weighted by Crippen LogP contribution is 2.29. The van der Waals surface area contributed by atoms with Gasteiger partial charge in [-0.1, -0.05) is 12.1 Å².